The Morgan fingerprint density at radius 3 is 2.86 bits per heavy atom. The number of amides is 1. The minimum absolute atomic E-state index is 0.204. The molecule has 3 aromatic heterocycles. The van der Waals surface area contributed by atoms with Gasteiger partial charge in [0.1, 0.15) is 35.6 Å². The Kier molecular flexibility index (Phi) is 4.79. The number of hydrogen-bond donors (Lipinski definition) is 5. The number of carbonyl (C=O) groups is 1. The van der Waals surface area contributed by atoms with Crippen LogP contribution in [0.15, 0.2) is 24.7 Å². The number of rotatable bonds is 4. The molecule has 11 heteroatoms. The first-order valence-electron chi connectivity index (χ1n) is 8.89. The quantitative estimate of drug-likeness (QED) is 0.399. The second-order valence-corrected chi connectivity index (χ2v) is 8.11. The Morgan fingerprint density at radius 1 is 1.45 bits per heavy atom. The van der Waals surface area contributed by atoms with Crippen molar-refractivity contribution in [2.24, 2.45) is 0 Å². The highest BCUT2D eigenvalue weighted by molar-refractivity contribution is 7.17. The molecule has 29 heavy (non-hydrogen) atoms. The number of aliphatic hydroxyl groups is 3. The number of ether oxygens (including phenoxy) is 1. The number of nitrogens with two attached hydrogens (primary N) is 1. The smallest absolute Gasteiger partial charge is 0.261 e. The van der Waals surface area contributed by atoms with Gasteiger partial charge in [0, 0.05) is 23.7 Å². The molecule has 3 aromatic rings. The van der Waals surface area contributed by atoms with E-state index in [4.69, 9.17) is 10.5 Å². The zero-order valence-electron chi connectivity index (χ0n) is 15.7. The van der Waals surface area contributed by atoms with Crippen molar-refractivity contribution in [1.29, 1.82) is 0 Å². The SMILES string of the molecule is CNC(=O)c1ccc(-c2cn([C@@H]3OC(CO)C(O)[C@@]3(C)O)c3ncnc(N)c23)s1. The van der Waals surface area contributed by atoms with Crippen LogP contribution in [0.2, 0.25) is 0 Å². The molecule has 1 aliphatic rings. The summed E-state index contributed by atoms with van der Waals surface area (Å²) in [6.07, 6.45) is -0.262. The van der Waals surface area contributed by atoms with Gasteiger partial charge in [-0.2, -0.15) is 0 Å². The molecule has 0 radical (unpaired) electrons. The van der Waals surface area contributed by atoms with Crippen molar-refractivity contribution in [1.82, 2.24) is 19.9 Å². The van der Waals surface area contributed by atoms with Gasteiger partial charge in [-0.3, -0.25) is 4.79 Å². The topological polar surface area (TPSA) is 156 Å². The van der Waals surface area contributed by atoms with Gasteiger partial charge < -0.3 is 35.7 Å². The van der Waals surface area contributed by atoms with Crippen molar-refractivity contribution in [3.05, 3.63) is 29.5 Å². The lowest BCUT2D eigenvalue weighted by Gasteiger charge is -2.27. The molecule has 1 fully saturated rings. The van der Waals surface area contributed by atoms with E-state index in [-0.39, 0.29) is 11.7 Å². The average molecular weight is 419 g/mol. The lowest BCUT2D eigenvalue weighted by Crippen LogP contribution is -2.44. The molecule has 1 saturated heterocycles. The maximum Gasteiger partial charge on any atom is 0.261 e. The van der Waals surface area contributed by atoms with E-state index in [0.29, 0.717) is 21.5 Å². The highest BCUT2D eigenvalue weighted by Crippen LogP contribution is 2.43. The van der Waals surface area contributed by atoms with Crippen molar-refractivity contribution in [3.8, 4) is 10.4 Å². The summed E-state index contributed by atoms with van der Waals surface area (Å²) in [6, 6.07) is 3.50. The second kappa shape index (κ2) is 7.04. The molecule has 0 saturated carbocycles. The third-order valence-corrected chi connectivity index (χ3v) is 6.27. The fourth-order valence-corrected chi connectivity index (χ4v) is 4.56. The third-order valence-electron chi connectivity index (χ3n) is 5.15. The molecule has 6 N–H and O–H groups in total. The number of nitrogens with zero attached hydrogens (tertiary/aromatic N) is 3. The van der Waals surface area contributed by atoms with Crippen molar-refractivity contribution in [2.45, 2.75) is 31.0 Å². The van der Waals surface area contributed by atoms with E-state index in [1.807, 2.05) is 0 Å². The summed E-state index contributed by atoms with van der Waals surface area (Å²) in [6.45, 7) is 0.986. The first-order valence-corrected chi connectivity index (χ1v) is 9.71. The molecule has 10 nitrogen and oxygen atoms in total. The zero-order chi connectivity index (χ0) is 20.9. The van der Waals surface area contributed by atoms with E-state index < -0.39 is 30.6 Å². The van der Waals surface area contributed by atoms with E-state index in [1.165, 1.54) is 24.6 Å². The molecule has 1 aliphatic heterocycles. The number of thiophene rings is 1. The Bertz CT molecular complexity index is 1080. The number of nitrogens with one attached hydrogen (secondary N) is 1. The van der Waals surface area contributed by atoms with Crippen LogP contribution in [0.3, 0.4) is 0 Å². The van der Waals surface area contributed by atoms with Crippen LogP contribution in [-0.4, -0.2) is 67.2 Å². The molecule has 1 amide bonds. The number of hydrogen-bond acceptors (Lipinski definition) is 9. The van der Waals surface area contributed by atoms with Gasteiger partial charge in [0.2, 0.25) is 0 Å². The molecule has 4 heterocycles. The predicted octanol–water partition coefficient (Wildman–Crippen LogP) is 0.103. The third kappa shape index (κ3) is 2.98. The van der Waals surface area contributed by atoms with E-state index in [9.17, 15) is 20.1 Å². The van der Waals surface area contributed by atoms with Gasteiger partial charge in [-0.25, -0.2) is 9.97 Å². The molecule has 2 unspecified atom stereocenters. The molecule has 154 valence electrons. The van der Waals surface area contributed by atoms with Crippen LogP contribution < -0.4 is 11.1 Å². The second-order valence-electron chi connectivity index (χ2n) is 7.03. The Hall–Kier alpha value is -2.57. The highest BCUT2D eigenvalue weighted by atomic mass is 32.1. The molecule has 0 aromatic carbocycles. The zero-order valence-corrected chi connectivity index (χ0v) is 16.6. The van der Waals surface area contributed by atoms with Gasteiger partial charge >= 0.3 is 0 Å². The summed E-state index contributed by atoms with van der Waals surface area (Å²) in [7, 11) is 1.56. The number of anilines is 1. The van der Waals surface area contributed by atoms with E-state index >= 15 is 0 Å². The van der Waals surface area contributed by atoms with Gasteiger partial charge in [0.05, 0.1) is 16.9 Å². The summed E-state index contributed by atoms with van der Waals surface area (Å²) < 4.78 is 7.30. The van der Waals surface area contributed by atoms with Crippen LogP contribution >= 0.6 is 11.3 Å². The maximum atomic E-state index is 11.9. The predicted molar refractivity (Wildman–Crippen MR) is 106 cm³/mol. The molecule has 4 atom stereocenters. The number of aliphatic hydroxyl groups excluding tert-OH is 2. The van der Waals surface area contributed by atoms with Gasteiger partial charge in [0.15, 0.2) is 6.23 Å². The van der Waals surface area contributed by atoms with Crippen LogP contribution in [0.25, 0.3) is 21.5 Å². The normalized spacial score (nSPS) is 26.9. The van der Waals surface area contributed by atoms with Crippen LogP contribution in [-0.2, 0) is 4.74 Å². The van der Waals surface area contributed by atoms with Crippen LogP contribution in [0, 0.1) is 0 Å². The van der Waals surface area contributed by atoms with Crippen LogP contribution in [0.5, 0.6) is 0 Å². The fraction of sp³-hybridized carbons (Fsp3) is 0.389. The minimum Gasteiger partial charge on any atom is -0.394 e. The Morgan fingerprint density at radius 2 is 2.21 bits per heavy atom. The molecule has 0 spiro atoms. The first-order chi connectivity index (χ1) is 13.8. The molecule has 0 bridgehead atoms. The summed E-state index contributed by atoms with van der Waals surface area (Å²) in [5.41, 5.74) is 5.50. The Balaban J connectivity index is 1.89. The number of carbonyl (C=O) groups excluding carboxylic acids is 1. The van der Waals surface area contributed by atoms with Gasteiger partial charge in [0.25, 0.3) is 5.91 Å². The average Bonchev–Trinajstić information content (AvgIpc) is 3.38. The van der Waals surface area contributed by atoms with Gasteiger partial charge in [-0.15, -0.1) is 11.3 Å². The Labute approximate surface area is 169 Å². The highest BCUT2D eigenvalue weighted by Gasteiger charge is 2.53. The molecule has 0 aliphatic carbocycles. The maximum absolute atomic E-state index is 11.9. The van der Waals surface area contributed by atoms with E-state index in [0.717, 1.165) is 4.88 Å². The standard InChI is InChI=1S/C18H21N5O5S/c1-18(27)13(25)9(6-24)28-17(18)23-5-8(12-14(19)21-7-22-15(12)23)10-3-4-11(29-10)16(26)20-2/h3-5,7,9,13,17,24-25,27H,6H2,1-2H3,(H,20,26)(H2,19,21,22)/t9?,13?,17-,18-/m1/s1. The number of nitrogen functional groups attached to an aromatic ring is 1. The van der Waals surface area contributed by atoms with E-state index in [1.54, 1.807) is 29.9 Å². The monoisotopic (exact) mass is 419 g/mol. The largest absolute Gasteiger partial charge is 0.394 e. The molecular formula is C18H21N5O5S. The van der Waals surface area contributed by atoms with Gasteiger partial charge in [-0.05, 0) is 19.1 Å². The molecular weight excluding hydrogens is 398 g/mol. The first kappa shape index (κ1) is 19.7. The summed E-state index contributed by atoms with van der Waals surface area (Å²) in [5.74, 6) is 0.0284. The summed E-state index contributed by atoms with van der Waals surface area (Å²) >= 11 is 1.27. The molecule has 4 rings (SSSR count). The van der Waals surface area contributed by atoms with E-state index in [2.05, 4.69) is 15.3 Å². The van der Waals surface area contributed by atoms with Crippen molar-refractivity contribution < 1.29 is 24.9 Å². The van der Waals surface area contributed by atoms with Crippen LogP contribution in [0.1, 0.15) is 22.8 Å². The lowest BCUT2D eigenvalue weighted by atomic mass is 9.96. The fourth-order valence-electron chi connectivity index (χ4n) is 3.59. The minimum atomic E-state index is -1.68. The van der Waals surface area contributed by atoms with Crippen molar-refractivity contribution >= 4 is 34.1 Å². The summed E-state index contributed by atoms with van der Waals surface area (Å²) in [4.78, 5) is 21.6. The van der Waals surface area contributed by atoms with Gasteiger partial charge in [-0.1, -0.05) is 0 Å². The van der Waals surface area contributed by atoms with Crippen molar-refractivity contribution in [3.63, 3.8) is 0 Å². The summed E-state index contributed by atoms with van der Waals surface area (Å²) in [5, 5.41) is 33.8. The van der Waals surface area contributed by atoms with Crippen LogP contribution in [0.4, 0.5) is 5.82 Å². The number of fused-ring (bicyclic) bond motifs is 1. The van der Waals surface area contributed by atoms with Crippen molar-refractivity contribution in [2.75, 3.05) is 19.4 Å². The lowest BCUT2D eigenvalue weighted by molar-refractivity contribution is -0.0948. The number of aromatic nitrogens is 3.